The second kappa shape index (κ2) is 7.37. The van der Waals surface area contributed by atoms with Crippen LogP contribution in [0.25, 0.3) is 0 Å². The number of rotatable bonds is 7. The summed E-state index contributed by atoms with van der Waals surface area (Å²) in [5.41, 5.74) is 1.02. The number of nitrogens with one attached hydrogen (secondary N) is 1. The molecule has 0 aliphatic carbocycles. The molecule has 0 fully saturated rings. The normalized spacial score (nSPS) is 12.1. The van der Waals surface area contributed by atoms with Crippen molar-refractivity contribution >= 4 is 33.9 Å². The highest BCUT2D eigenvalue weighted by Crippen LogP contribution is 2.38. The number of benzene rings is 1. The molecule has 0 saturated carbocycles. The van der Waals surface area contributed by atoms with Gasteiger partial charge in [-0.15, -0.1) is 10.2 Å². The lowest BCUT2D eigenvalue weighted by atomic mass is 10.1. The monoisotopic (exact) mass is 324 g/mol. The molecule has 21 heavy (non-hydrogen) atoms. The van der Waals surface area contributed by atoms with Crippen molar-refractivity contribution in [3.63, 3.8) is 0 Å². The van der Waals surface area contributed by atoms with Gasteiger partial charge in [0.1, 0.15) is 0 Å². The lowest BCUT2D eigenvalue weighted by Gasteiger charge is -2.08. The van der Waals surface area contributed by atoms with Crippen LogP contribution in [0.5, 0.6) is 0 Å². The Kier molecular flexibility index (Phi) is 5.51. The van der Waals surface area contributed by atoms with Crippen molar-refractivity contribution in [2.75, 3.05) is 11.9 Å². The van der Waals surface area contributed by atoms with E-state index in [9.17, 15) is 10.1 Å². The molecular weight excluding hydrogens is 308 g/mol. The molecule has 6 nitrogen and oxygen atoms in total. The predicted octanol–water partition coefficient (Wildman–Crippen LogP) is 4.12. The topological polar surface area (TPSA) is 81.0 Å². The molecular formula is C13H16N4O2S2. The Morgan fingerprint density at radius 1 is 1.48 bits per heavy atom. The Morgan fingerprint density at radius 2 is 2.29 bits per heavy atom. The predicted molar refractivity (Wildman–Crippen MR) is 86.1 cm³/mol. The van der Waals surface area contributed by atoms with Crippen LogP contribution in [0.1, 0.15) is 31.1 Å². The molecule has 1 heterocycles. The zero-order chi connectivity index (χ0) is 15.2. The van der Waals surface area contributed by atoms with Crippen LogP contribution in [0.2, 0.25) is 0 Å². The molecule has 0 bridgehead atoms. The summed E-state index contributed by atoms with van der Waals surface area (Å²) in [6.45, 7) is 4.97. The summed E-state index contributed by atoms with van der Waals surface area (Å²) >= 11 is 3.06. The van der Waals surface area contributed by atoms with Crippen LogP contribution in [0.3, 0.4) is 0 Å². The number of thioether (sulfide) groups is 1. The molecule has 0 aliphatic heterocycles. The zero-order valence-electron chi connectivity index (χ0n) is 11.8. The van der Waals surface area contributed by atoms with Crippen LogP contribution in [0.4, 0.5) is 10.8 Å². The Balaban J connectivity index is 2.03. The Morgan fingerprint density at radius 3 is 3.00 bits per heavy atom. The van der Waals surface area contributed by atoms with Crippen molar-refractivity contribution in [3.05, 3.63) is 39.9 Å². The Hall–Kier alpha value is -1.67. The van der Waals surface area contributed by atoms with E-state index in [2.05, 4.69) is 22.4 Å². The molecule has 1 aromatic heterocycles. The molecule has 1 N–H and O–H groups in total. The number of nitro groups is 1. The van der Waals surface area contributed by atoms with Crippen LogP contribution >= 0.6 is 23.1 Å². The number of aromatic nitrogens is 2. The van der Waals surface area contributed by atoms with E-state index in [1.54, 1.807) is 23.9 Å². The smallest absolute Gasteiger partial charge is 0.269 e. The fourth-order valence-electron chi connectivity index (χ4n) is 1.67. The number of nitro benzene ring substituents is 1. The standard InChI is InChI=1S/C13H16N4O2S2/c1-3-7-14-12-15-16-13(21-12)20-9(2)10-5-4-6-11(8-10)17(18)19/h4-6,8-9H,3,7H2,1-2H3,(H,14,15)/t9-/m1/s1. The third-order valence-electron chi connectivity index (χ3n) is 2.76. The van der Waals surface area contributed by atoms with Gasteiger partial charge >= 0.3 is 0 Å². The minimum atomic E-state index is -0.376. The second-order valence-corrected chi connectivity index (χ2v) is 6.98. The first kappa shape index (κ1) is 15.7. The SMILES string of the molecule is CCCNc1nnc(S[C@H](C)c2cccc([N+](=O)[O-])c2)s1. The van der Waals surface area contributed by atoms with Gasteiger partial charge in [-0.05, 0) is 18.9 Å². The minimum Gasteiger partial charge on any atom is -0.360 e. The molecule has 0 radical (unpaired) electrons. The summed E-state index contributed by atoms with van der Waals surface area (Å²) in [4.78, 5) is 10.4. The summed E-state index contributed by atoms with van der Waals surface area (Å²) in [6.07, 6.45) is 1.03. The molecule has 2 aromatic rings. The highest BCUT2D eigenvalue weighted by atomic mass is 32.2. The van der Waals surface area contributed by atoms with Crippen LogP contribution in [0, 0.1) is 10.1 Å². The molecule has 0 amide bonds. The van der Waals surface area contributed by atoms with Crippen molar-refractivity contribution in [1.82, 2.24) is 10.2 Å². The van der Waals surface area contributed by atoms with Gasteiger partial charge in [0.2, 0.25) is 5.13 Å². The van der Waals surface area contributed by atoms with E-state index in [4.69, 9.17) is 0 Å². The van der Waals surface area contributed by atoms with Crippen molar-refractivity contribution in [2.45, 2.75) is 29.9 Å². The number of nitrogens with zero attached hydrogens (tertiary/aromatic N) is 3. The van der Waals surface area contributed by atoms with E-state index in [1.165, 1.54) is 17.4 Å². The van der Waals surface area contributed by atoms with E-state index in [-0.39, 0.29) is 15.9 Å². The van der Waals surface area contributed by atoms with Crippen molar-refractivity contribution in [3.8, 4) is 0 Å². The maximum absolute atomic E-state index is 10.8. The average molecular weight is 324 g/mol. The van der Waals surface area contributed by atoms with Crippen LogP contribution in [-0.4, -0.2) is 21.7 Å². The third kappa shape index (κ3) is 4.40. The van der Waals surface area contributed by atoms with Gasteiger partial charge in [-0.25, -0.2) is 0 Å². The van der Waals surface area contributed by atoms with Gasteiger partial charge in [0, 0.05) is 23.9 Å². The van der Waals surface area contributed by atoms with Gasteiger partial charge in [0.15, 0.2) is 4.34 Å². The molecule has 0 saturated heterocycles. The molecule has 1 atom stereocenters. The molecule has 2 rings (SSSR count). The molecule has 0 aliphatic rings. The lowest BCUT2D eigenvalue weighted by Crippen LogP contribution is -1.98. The van der Waals surface area contributed by atoms with Crippen molar-refractivity contribution in [2.24, 2.45) is 0 Å². The van der Waals surface area contributed by atoms with Crippen LogP contribution in [-0.2, 0) is 0 Å². The Bertz CT molecular complexity index is 618. The van der Waals surface area contributed by atoms with Crippen molar-refractivity contribution < 1.29 is 4.92 Å². The summed E-state index contributed by atoms with van der Waals surface area (Å²) < 4.78 is 0.854. The minimum absolute atomic E-state index is 0.0804. The highest BCUT2D eigenvalue weighted by molar-refractivity contribution is 8.01. The lowest BCUT2D eigenvalue weighted by molar-refractivity contribution is -0.384. The molecule has 8 heteroatoms. The number of non-ortho nitro benzene ring substituents is 1. The van der Waals surface area contributed by atoms with Gasteiger partial charge in [0.25, 0.3) is 5.69 Å². The number of hydrogen-bond acceptors (Lipinski definition) is 7. The molecule has 0 spiro atoms. The average Bonchev–Trinajstić information content (AvgIpc) is 2.92. The van der Waals surface area contributed by atoms with Crippen LogP contribution in [0.15, 0.2) is 28.6 Å². The van der Waals surface area contributed by atoms with Crippen molar-refractivity contribution in [1.29, 1.82) is 0 Å². The first-order chi connectivity index (χ1) is 10.1. The largest absolute Gasteiger partial charge is 0.360 e. The number of hydrogen-bond donors (Lipinski definition) is 1. The molecule has 112 valence electrons. The molecule has 1 aromatic carbocycles. The molecule has 0 unspecified atom stereocenters. The van der Waals surface area contributed by atoms with E-state index >= 15 is 0 Å². The van der Waals surface area contributed by atoms with Gasteiger partial charge in [-0.1, -0.05) is 42.2 Å². The van der Waals surface area contributed by atoms with Gasteiger partial charge < -0.3 is 5.32 Å². The van der Waals surface area contributed by atoms with Gasteiger partial charge in [0.05, 0.1) is 4.92 Å². The van der Waals surface area contributed by atoms with Gasteiger partial charge in [-0.2, -0.15) is 0 Å². The summed E-state index contributed by atoms with van der Waals surface area (Å²) in [6, 6.07) is 6.70. The second-order valence-electron chi connectivity index (χ2n) is 4.41. The highest BCUT2D eigenvalue weighted by Gasteiger charge is 2.14. The zero-order valence-corrected chi connectivity index (χ0v) is 13.4. The maximum atomic E-state index is 10.8. The van der Waals surface area contributed by atoms with E-state index in [0.717, 1.165) is 28.0 Å². The maximum Gasteiger partial charge on any atom is 0.269 e. The summed E-state index contributed by atoms with van der Waals surface area (Å²) in [5, 5.41) is 23.1. The quantitative estimate of drug-likeness (QED) is 0.469. The van der Waals surface area contributed by atoms with E-state index in [1.807, 2.05) is 13.0 Å². The first-order valence-electron chi connectivity index (χ1n) is 6.58. The van der Waals surface area contributed by atoms with Gasteiger partial charge in [-0.3, -0.25) is 10.1 Å². The van der Waals surface area contributed by atoms with Crippen LogP contribution < -0.4 is 5.32 Å². The fourth-order valence-corrected chi connectivity index (χ4v) is 3.71. The summed E-state index contributed by atoms with van der Waals surface area (Å²) in [5.74, 6) is 0. The first-order valence-corrected chi connectivity index (χ1v) is 8.28. The third-order valence-corrected chi connectivity index (χ3v) is 4.88. The number of anilines is 1. The van der Waals surface area contributed by atoms with E-state index in [0.29, 0.717) is 0 Å². The fraction of sp³-hybridized carbons (Fsp3) is 0.385. The Labute approximate surface area is 131 Å². The summed E-state index contributed by atoms with van der Waals surface area (Å²) in [7, 11) is 0. The van der Waals surface area contributed by atoms with E-state index < -0.39 is 0 Å².